The van der Waals surface area contributed by atoms with Crippen LogP contribution in [0.2, 0.25) is 0 Å². The van der Waals surface area contributed by atoms with E-state index in [1.54, 1.807) is 24.3 Å². The molecule has 36 heavy (non-hydrogen) atoms. The van der Waals surface area contributed by atoms with Crippen molar-refractivity contribution >= 4 is 13.5 Å². The Labute approximate surface area is 203 Å². The predicted octanol–water partition coefficient (Wildman–Crippen LogP) is 4.83. The van der Waals surface area contributed by atoms with Gasteiger partial charge in [-0.3, -0.25) is 9.36 Å². The number of halogens is 4. The highest BCUT2D eigenvalue weighted by molar-refractivity contribution is 7.51. The Kier molecular flexibility index (Phi) is 8.20. The van der Waals surface area contributed by atoms with Crippen molar-refractivity contribution in [3.63, 3.8) is 0 Å². The van der Waals surface area contributed by atoms with Gasteiger partial charge >= 0.3 is 13.8 Å². The lowest BCUT2D eigenvalue weighted by molar-refractivity contribution is -0.137. The number of hydrogen-bond acceptors (Lipinski definition) is 4. The molecule has 3 rings (SSSR count). The van der Waals surface area contributed by atoms with Crippen LogP contribution in [0.25, 0.3) is 11.1 Å². The van der Waals surface area contributed by atoms with Crippen LogP contribution in [0.4, 0.5) is 17.6 Å². The van der Waals surface area contributed by atoms with E-state index in [9.17, 15) is 32.0 Å². The summed E-state index contributed by atoms with van der Waals surface area (Å²) in [5.74, 6) is -3.50. The van der Waals surface area contributed by atoms with Gasteiger partial charge in [-0.25, -0.2) is 4.39 Å². The van der Waals surface area contributed by atoms with Gasteiger partial charge < -0.3 is 24.5 Å². The van der Waals surface area contributed by atoms with Crippen LogP contribution in [0.15, 0.2) is 66.7 Å². The lowest BCUT2D eigenvalue weighted by Crippen LogP contribution is -2.31. The molecule has 0 heterocycles. The van der Waals surface area contributed by atoms with Crippen LogP contribution in [-0.2, 0) is 10.7 Å². The molecule has 192 valence electrons. The van der Waals surface area contributed by atoms with Crippen molar-refractivity contribution in [2.24, 2.45) is 0 Å². The molecule has 3 aromatic carbocycles. The molecule has 0 aliphatic rings. The number of carbonyl (C=O) groups is 1. The van der Waals surface area contributed by atoms with Gasteiger partial charge in [-0.05, 0) is 53.1 Å². The monoisotopic (exact) mass is 527 g/mol. The van der Waals surface area contributed by atoms with Gasteiger partial charge in [-0.2, -0.15) is 13.2 Å². The lowest BCUT2D eigenvalue weighted by Gasteiger charge is -2.19. The summed E-state index contributed by atoms with van der Waals surface area (Å²) >= 11 is 0. The molecule has 0 saturated heterocycles. The number of rotatable bonds is 8. The first kappa shape index (κ1) is 27.3. The van der Waals surface area contributed by atoms with Crippen LogP contribution >= 0.6 is 7.60 Å². The smallest absolute Gasteiger partial charge is 0.416 e. The quantitative estimate of drug-likeness (QED) is 0.286. The van der Waals surface area contributed by atoms with E-state index in [4.69, 9.17) is 14.5 Å². The number of hydrogen-bond donors (Lipinski definition) is 3. The highest BCUT2D eigenvalue weighted by atomic mass is 31.2. The molecule has 0 radical (unpaired) electrons. The number of carbonyl (C=O) groups excluding carboxylic acids is 1. The fraction of sp³-hybridized carbons (Fsp3) is 0.208. The molecule has 0 aromatic heterocycles. The predicted molar refractivity (Wildman–Crippen MR) is 123 cm³/mol. The Morgan fingerprint density at radius 3 is 2.06 bits per heavy atom. The Morgan fingerprint density at radius 1 is 1.00 bits per heavy atom. The van der Waals surface area contributed by atoms with Crippen molar-refractivity contribution in [3.8, 4) is 16.9 Å². The zero-order chi connectivity index (χ0) is 26.7. The first-order valence-electron chi connectivity index (χ1n) is 10.5. The van der Waals surface area contributed by atoms with E-state index in [0.717, 1.165) is 24.3 Å². The molecule has 3 aromatic rings. The Balaban J connectivity index is 1.56. The van der Waals surface area contributed by atoms with Crippen molar-refractivity contribution < 1.29 is 46.6 Å². The molecule has 1 unspecified atom stereocenters. The number of aliphatic hydroxyl groups excluding tert-OH is 1. The van der Waals surface area contributed by atoms with Gasteiger partial charge in [0.2, 0.25) is 0 Å². The fourth-order valence-electron chi connectivity index (χ4n) is 3.26. The van der Waals surface area contributed by atoms with E-state index in [1.165, 1.54) is 24.1 Å². The van der Waals surface area contributed by atoms with E-state index >= 15 is 0 Å². The number of alkyl halides is 3. The standard InChI is InChI=1S/C24H22F4NO6P/c1-29(22(30)20-11-6-17(14-21(20)25)23(31)36(32,33)34)12-13-35-19-9-4-16(5-10-19)15-2-7-18(8-3-15)24(26,27)28/h2-11,14,23,31H,12-13H2,1H3,(H2,32,33,34). The number of benzene rings is 3. The van der Waals surface area contributed by atoms with E-state index in [-0.39, 0.29) is 24.3 Å². The Morgan fingerprint density at radius 2 is 1.56 bits per heavy atom. The third-order valence-corrected chi connectivity index (χ3v) is 6.22. The molecule has 0 aliphatic carbocycles. The molecule has 1 amide bonds. The maximum Gasteiger partial charge on any atom is 0.416 e. The third kappa shape index (κ3) is 6.70. The normalized spacial score (nSPS) is 12.8. The molecule has 0 saturated carbocycles. The van der Waals surface area contributed by atoms with Crippen molar-refractivity contribution in [1.82, 2.24) is 4.90 Å². The first-order chi connectivity index (χ1) is 16.8. The fourth-order valence-corrected chi connectivity index (χ4v) is 3.81. The van der Waals surface area contributed by atoms with Crippen LogP contribution in [0.5, 0.6) is 5.75 Å². The third-order valence-electron chi connectivity index (χ3n) is 5.28. The first-order valence-corrected chi connectivity index (χ1v) is 12.1. The van der Waals surface area contributed by atoms with Gasteiger partial charge in [0.05, 0.1) is 17.7 Å². The van der Waals surface area contributed by atoms with E-state index < -0.39 is 36.9 Å². The van der Waals surface area contributed by atoms with Crippen LogP contribution < -0.4 is 4.74 Å². The van der Waals surface area contributed by atoms with Crippen LogP contribution in [-0.4, -0.2) is 45.9 Å². The zero-order valence-corrected chi connectivity index (χ0v) is 19.7. The summed E-state index contributed by atoms with van der Waals surface area (Å²) in [6.45, 7) is 0.129. The molecule has 0 bridgehead atoms. The molecular formula is C24H22F4NO6P. The average molecular weight is 527 g/mol. The molecule has 0 spiro atoms. The highest BCUT2D eigenvalue weighted by Crippen LogP contribution is 2.49. The van der Waals surface area contributed by atoms with Crippen molar-refractivity contribution in [3.05, 3.63) is 89.2 Å². The molecule has 7 nitrogen and oxygen atoms in total. The molecule has 0 fully saturated rings. The topological polar surface area (TPSA) is 107 Å². The second-order valence-corrected chi connectivity index (χ2v) is 9.54. The maximum atomic E-state index is 14.4. The minimum atomic E-state index is -4.89. The minimum absolute atomic E-state index is 0.0541. The van der Waals surface area contributed by atoms with Gasteiger partial charge in [-0.15, -0.1) is 0 Å². The van der Waals surface area contributed by atoms with Gasteiger partial charge in [0.15, 0.2) is 5.85 Å². The summed E-state index contributed by atoms with van der Waals surface area (Å²) < 4.78 is 69.2. The Hall–Kier alpha value is -3.24. The second kappa shape index (κ2) is 10.8. The second-order valence-electron chi connectivity index (χ2n) is 7.88. The van der Waals surface area contributed by atoms with Crippen LogP contribution in [0.3, 0.4) is 0 Å². The molecule has 3 N–H and O–H groups in total. The SMILES string of the molecule is CN(CCOc1ccc(-c2ccc(C(F)(F)F)cc2)cc1)C(=O)c1ccc(C(O)P(=O)(O)O)cc1F. The summed E-state index contributed by atoms with van der Waals surface area (Å²) in [6.07, 6.45) is -4.41. The van der Waals surface area contributed by atoms with Crippen molar-refractivity contribution in [1.29, 1.82) is 0 Å². The van der Waals surface area contributed by atoms with Crippen LogP contribution in [0, 0.1) is 5.82 Å². The summed E-state index contributed by atoms with van der Waals surface area (Å²) in [6, 6.07) is 14.1. The largest absolute Gasteiger partial charge is 0.492 e. The molecule has 1 atom stereocenters. The summed E-state index contributed by atoms with van der Waals surface area (Å²) in [7, 11) is -3.48. The zero-order valence-electron chi connectivity index (χ0n) is 18.8. The van der Waals surface area contributed by atoms with E-state index in [2.05, 4.69) is 0 Å². The number of likely N-dealkylation sites (N-methyl/N-ethyl adjacent to an activating group) is 1. The van der Waals surface area contributed by atoms with Gasteiger partial charge in [0.25, 0.3) is 5.91 Å². The van der Waals surface area contributed by atoms with Crippen molar-refractivity contribution in [2.45, 2.75) is 12.0 Å². The molecule has 0 aliphatic heterocycles. The summed E-state index contributed by atoms with van der Waals surface area (Å²) in [4.78, 5) is 31.7. The lowest BCUT2D eigenvalue weighted by atomic mass is 10.0. The van der Waals surface area contributed by atoms with Crippen molar-refractivity contribution in [2.75, 3.05) is 20.2 Å². The number of ether oxygens (including phenoxy) is 1. The van der Waals surface area contributed by atoms with Crippen LogP contribution in [0.1, 0.15) is 27.3 Å². The van der Waals surface area contributed by atoms with E-state index in [0.29, 0.717) is 22.9 Å². The summed E-state index contributed by atoms with van der Waals surface area (Å²) in [5.41, 5.74) is -0.157. The van der Waals surface area contributed by atoms with E-state index in [1.807, 2.05) is 0 Å². The minimum Gasteiger partial charge on any atom is -0.492 e. The maximum absolute atomic E-state index is 14.4. The number of aliphatic hydroxyl groups is 1. The summed E-state index contributed by atoms with van der Waals surface area (Å²) in [5, 5.41) is 9.58. The number of nitrogens with zero attached hydrogens (tertiary/aromatic N) is 1. The number of amides is 1. The highest BCUT2D eigenvalue weighted by Gasteiger charge is 2.30. The molecule has 12 heteroatoms. The van der Waals surface area contributed by atoms with Gasteiger partial charge in [0, 0.05) is 7.05 Å². The Bertz CT molecular complexity index is 1260. The molecular weight excluding hydrogens is 505 g/mol. The average Bonchev–Trinajstić information content (AvgIpc) is 2.82. The van der Waals surface area contributed by atoms with Gasteiger partial charge in [0.1, 0.15) is 18.2 Å². The van der Waals surface area contributed by atoms with Gasteiger partial charge in [-0.1, -0.05) is 30.3 Å².